The quantitative estimate of drug-likeness (QED) is 0.798. The third kappa shape index (κ3) is 3.05. The predicted octanol–water partition coefficient (Wildman–Crippen LogP) is 3.89. The lowest BCUT2D eigenvalue weighted by Crippen LogP contribution is -2.22. The van der Waals surface area contributed by atoms with Crippen LogP contribution in [0.15, 0.2) is 12.1 Å². The summed E-state index contributed by atoms with van der Waals surface area (Å²) >= 11 is 0. The first kappa shape index (κ1) is 13.2. The molecule has 1 unspecified atom stereocenters. The number of aryl methyl sites for hydroxylation is 2. The van der Waals surface area contributed by atoms with Crippen LogP contribution in [0.2, 0.25) is 0 Å². The topological polar surface area (TPSA) is 12.0 Å². The molecule has 16 heavy (non-hydrogen) atoms. The van der Waals surface area contributed by atoms with Crippen LogP contribution in [0, 0.1) is 19.7 Å². The molecule has 1 aromatic rings. The summed E-state index contributed by atoms with van der Waals surface area (Å²) in [5.41, 5.74) is 3.37. The van der Waals surface area contributed by atoms with Crippen LogP contribution >= 0.6 is 0 Å². The molecular weight excluding hydrogens is 201 g/mol. The summed E-state index contributed by atoms with van der Waals surface area (Å²) in [7, 11) is 0. The molecule has 0 amide bonds. The smallest absolute Gasteiger partial charge is 0.123 e. The van der Waals surface area contributed by atoms with Gasteiger partial charge in [0.2, 0.25) is 0 Å². The van der Waals surface area contributed by atoms with Crippen molar-refractivity contribution in [3.63, 3.8) is 0 Å². The molecule has 0 fully saturated rings. The first-order valence-corrected chi connectivity index (χ1v) is 6.10. The number of halogens is 1. The molecule has 0 spiro atoms. The van der Waals surface area contributed by atoms with E-state index in [9.17, 15) is 4.39 Å². The molecule has 1 atom stereocenters. The molecule has 1 nitrogen and oxygen atoms in total. The molecule has 0 radical (unpaired) electrons. The second-order valence-corrected chi connectivity index (χ2v) is 4.35. The summed E-state index contributed by atoms with van der Waals surface area (Å²) in [6, 6.07) is 3.61. The van der Waals surface area contributed by atoms with Crippen molar-refractivity contribution in [1.29, 1.82) is 0 Å². The highest BCUT2D eigenvalue weighted by Crippen LogP contribution is 2.26. The highest BCUT2D eigenvalue weighted by atomic mass is 19.1. The van der Waals surface area contributed by atoms with E-state index in [-0.39, 0.29) is 5.82 Å². The standard InChI is InChI=1S/C14H22FN/c1-5-7-13(16-6-2)14-10(3)8-12(15)9-11(14)4/h8-9,13,16H,5-7H2,1-4H3. The Hall–Kier alpha value is -0.890. The van der Waals surface area contributed by atoms with Gasteiger partial charge >= 0.3 is 0 Å². The largest absolute Gasteiger partial charge is 0.310 e. The lowest BCUT2D eigenvalue weighted by Gasteiger charge is -2.22. The maximum Gasteiger partial charge on any atom is 0.123 e. The van der Waals surface area contributed by atoms with Gasteiger partial charge in [-0.05, 0) is 55.6 Å². The first-order valence-electron chi connectivity index (χ1n) is 6.10. The lowest BCUT2D eigenvalue weighted by atomic mass is 9.93. The zero-order chi connectivity index (χ0) is 12.1. The van der Waals surface area contributed by atoms with Crippen LogP contribution in [-0.4, -0.2) is 6.54 Å². The molecular formula is C14H22FN. The third-order valence-electron chi connectivity index (χ3n) is 2.93. The van der Waals surface area contributed by atoms with Gasteiger partial charge in [0, 0.05) is 6.04 Å². The van der Waals surface area contributed by atoms with E-state index in [0.717, 1.165) is 30.5 Å². The Labute approximate surface area is 98.1 Å². The second kappa shape index (κ2) is 6.00. The van der Waals surface area contributed by atoms with Crippen LogP contribution < -0.4 is 5.32 Å². The number of hydrogen-bond donors (Lipinski definition) is 1. The van der Waals surface area contributed by atoms with Gasteiger partial charge in [0.05, 0.1) is 0 Å². The van der Waals surface area contributed by atoms with E-state index in [1.807, 2.05) is 13.8 Å². The van der Waals surface area contributed by atoms with Gasteiger partial charge in [0.25, 0.3) is 0 Å². The minimum Gasteiger partial charge on any atom is -0.310 e. The van der Waals surface area contributed by atoms with Crippen molar-refractivity contribution in [2.24, 2.45) is 0 Å². The van der Waals surface area contributed by atoms with Crippen LogP contribution in [0.4, 0.5) is 4.39 Å². The zero-order valence-electron chi connectivity index (χ0n) is 10.7. The molecule has 0 saturated heterocycles. The Bertz CT molecular complexity index is 318. The van der Waals surface area contributed by atoms with Crippen molar-refractivity contribution in [3.8, 4) is 0 Å². The highest BCUT2D eigenvalue weighted by Gasteiger charge is 2.15. The summed E-state index contributed by atoms with van der Waals surface area (Å²) in [6.07, 6.45) is 2.23. The highest BCUT2D eigenvalue weighted by molar-refractivity contribution is 5.36. The number of rotatable bonds is 5. The van der Waals surface area contributed by atoms with Gasteiger partial charge in [-0.1, -0.05) is 20.3 Å². The van der Waals surface area contributed by atoms with E-state index >= 15 is 0 Å². The van der Waals surface area contributed by atoms with Gasteiger partial charge in [-0.25, -0.2) is 4.39 Å². The zero-order valence-corrected chi connectivity index (χ0v) is 10.7. The van der Waals surface area contributed by atoms with Gasteiger partial charge in [0.15, 0.2) is 0 Å². The molecule has 1 aromatic carbocycles. The second-order valence-electron chi connectivity index (χ2n) is 4.35. The van der Waals surface area contributed by atoms with E-state index in [2.05, 4.69) is 19.2 Å². The van der Waals surface area contributed by atoms with Crippen molar-refractivity contribution >= 4 is 0 Å². The van der Waals surface area contributed by atoms with Crippen molar-refractivity contribution in [2.75, 3.05) is 6.54 Å². The molecule has 0 saturated carbocycles. The van der Waals surface area contributed by atoms with E-state index < -0.39 is 0 Å². The van der Waals surface area contributed by atoms with Gasteiger partial charge in [-0.15, -0.1) is 0 Å². The van der Waals surface area contributed by atoms with E-state index in [1.54, 1.807) is 12.1 Å². The summed E-state index contributed by atoms with van der Waals surface area (Å²) < 4.78 is 13.2. The monoisotopic (exact) mass is 223 g/mol. The molecule has 1 N–H and O–H groups in total. The molecule has 0 bridgehead atoms. The van der Waals surface area contributed by atoms with Crippen molar-refractivity contribution in [3.05, 3.63) is 34.6 Å². The van der Waals surface area contributed by atoms with Crippen LogP contribution in [0.3, 0.4) is 0 Å². The fraction of sp³-hybridized carbons (Fsp3) is 0.571. The van der Waals surface area contributed by atoms with Gasteiger partial charge in [-0.3, -0.25) is 0 Å². The Morgan fingerprint density at radius 1 is 1.19 bits per heavy atom. The van der Waals surface area contributed by atoms with E-state index in [1.165, 1.54) is 5.56 Å². The fourth-order valence-corrected chi connectivity index (χ4v) is 2.36. The molecule has 2 heteroatoms. The predicted molar refractivity (Wildman–Crippen MR) is 67.2 cm³/mol. The number of nitrogens with one attached hydrogen (secondary N) is 1. The number of hydrogen-bond acceptors (Lipinski definition) is 1. The minimum absolute atomic E-state index is 0.134. The van der Waals surface area contributed by atoms with Crippen molar-refractivity contribution < 1.29 is 4.39 Å². The van der Waals surface area contributed by atoms with Crippen molar-refractivity contribution in [1.82, 2.24) is 5.32 Å². The molecule has 0 heterocycles. The summed E-state index contributed by atoms with van der Waals surface area (Å²) in [6.45, 7) is 9.22. The fourth-order valence-electron chi connectivity index (χ4n) is 2.36. The average molecular weight is 223 g/mol. The Morgan fingerprint density at radius 2 is 1.75 bits per heavy atom. The normalized spacial score (nSPS) is 12.8. The maximum absolute atomic E-state index is 13.2. The minimum atomic E-state index is -0.134. The maximum atomic E-state index is 13.2. The molecule has 0 aliphatic carbocycles. The first-order chi connectivity index (χ1) is 7.60. The Kier molecular flexibility index (Phi) is 4.94. The summed E-state index contributed by atoms with van der Waals surface area (Å²) in [4.78, 5) is 0. The molecule has 90 valence electrons. The van der Waals surface area contributed by atoms with Crippen LogP contribution in [0.1, 0.15) is 49.4 Å². The van der Waals surface area contributed by atoms with Crippen LogP contribution in [0.5, 0.6) is 0 Å². The number of benzene rings is 1. The average Bonchev–Trinajstić information content (AvgIpc) is 2.16. The molecule has 1 rings (SSSR count). The van der Waals surface area contributed by atoms with Crippen LogP contribution in [-0.2, 0) is 0 Å². The van der Waals surface area contributed by atoms with Gasteiger partial charge < -0.3 is 5.32 Å². The van der Waals surface area contributed by atoms with Gasteiger partial charge in [0.1, 0.15) is 5.82 Å². The van der Waals surface area contributed by atoms with E-state index in [4.69, 9.17) is 0 Å². The molecule has 0 aliphatic heterocycles. The summed E-state index contributed by atoms with van der Waals surface area (Å²) in [5, 5.41) is 3.48. The van der Waals surface area contributed by atoms with Crippen molar-refractivity contribution in [2.45, 2.75) is 46.6 Å². The Balaban J connectivity index is 3.07. The molecule has 0 aliphatic rings. The Morgan fingerprint density at radius 3 is 2.19 bits per heavy atom. The SMILES string of the molecule is CCCC(NCC)c1c(C)cc(F)cc1C. The van der Waals surface area contributed by atoms with Gasteiger partial charge in [-0.2, -0.15) is 0 Å². The van der Waals surface area contributed by atoms with Crippen LogP contribution in [0.25, 0.3) is 0 Å². The third-order valence-corrected chi connectivity index (χ3v) is 2.93. The molecule has 0 aromatic heterocycles. The van der Waals surface area contributed by atoms with E-state index in [0.29, 0.717) is 6.04 Å². The summed E-state index contributed by atoms with van der Waals surface area (Å²) in [5.74, 6) is -0.134. The lowest BCUT2D eigenvalue weighted by molar-refractivity contribution is 0.503.